The average Bonchev–Trinajstić information content (AvgIpc) is 2.53. The minimum atomic E-state index is -0.569. The number of aryl methyl sites for hydroxylation is 1. The summed E-state index contributed by atoms with van der Waals surface area (Å²) in [5.74, 6) is -0.569. The van der Waals surface area contributed by atoms with E-state index in [1.165, 1.54) is 6.42 Å². The first-order chi connectivity index (χ1) is 10.7. The van der Waals surface area contributed by atoms with Crippen LogP contribution in [0.15, 0.2) is 29.3 Å². The van der Waals surface area contributed by atoms with Gasteiger partial charge in [0.05, 0.1) is 12.0 Å². The van der Waals surface area contributed by atoms with Crippen LogP contribution in [-0.4, -0.2) is 22.1 Å². The number of nitrogens with zero attached hydrogens (tertiary/aromatic N) is 2. The highest BCUT2D eigenvalue weighted by atomic mass is 16.5. The van der Waals surface area contributed by atoms with E-state index in [1.807, 2.05) is 4.57 Å². The molecule has 2 rings (SSSR count). The molecule has 22 heavy (non-hydrogen) atoms. The van der Waals surface area contributed by atoms with Crippen LogP contribution in [0.2, 0.25) is 0 Å². The van der Waals surface area contributed by atoms with Gasteiger partial charge < -0.3 is 9.30 Å². The second-order valence-corrected chi connectivity index (χ2v) is 5.22. The number of esters is 1. The highest BCUT2D eigenvalue weighted by molar-refractivity contribution is 5.92. The molecule has 0 aromatic carbocycles. The zero-order chi connectivity index (χ0) is 15.9. The number of fused-ring (bicyclic) bond motifs is 1. The van der Waals surface area contributed by atoms with Gasteiger partial charge in [-0.15, -0.1) is 0 Å². The largest absolute Gasteiger partial charge is 0.462 e. The smallest absolute Gasteiger partial charge is 0.343 e. The van der Waals surface area contributed by atoms with Gasteiger partial charge in [-0.3, -0.25) is 4.79 Å². The Morgan fingerprint density at radius 2 is 2.09 bits per heavy atom. The summed E-state index contributed by atoms with van der Waals surface area (Å²) in [6, 6.07) is 3.41. The van der Waals surface area contributed by atoms with Gasteiger partial charge >= 0.3 is 5.97 Å². The van der Waals surface area contributed by atoms with Crippen LogP contribution in [0.4, 0.5) is 0 Å². The molecule has 0 spiro atoms. The van der Waals surface area contributed by atoms with Crippen molar-refractivity contribution in [3.8, 4) is 0 Å². The van der Waals surface area contributed by atoms with Crippen molar-refractivity contribution in [2.75, 3.05) is 6.61 Å². The van der Waals surface area contributed by atoms with E-state index >= 15 is 0 Å². The molecule has 0 amide bonds. The molecule has 0 unspecified atom stereocenters. The Labute approximate surface area is 129 Å². The van der Waals surface area contributed by atoms with E-state index in [1.54, 1.807) is 31.5 Å². The van der Waals surface area contributed by atoms with Gasteiger partial charge in [-0.25, -0.2) is 9.78 Å². The molecule has 0 aliphatic heterocycles. The number of aromatic nitrogens is 2. The van der Waals surface area contributed by atoms with Gasteiger partial charge in [0.15, 0.2) is 0 Å². The SMILES string of the molecule is CCCCCCn1cc(C(=O)OCC)c(=O)c2cccnc21. The summed E-state index contributed by atoms with van der Waals surface area (Å²) < 4.78 is 6.87. The van der Waals surface area contributed by atoms with Crippen molar-refractivity contribution in [1.82, 2.24) is 9.55 Å². The summed E-state index contributed by atoms with van der Waals surface area (Å²) >= 11 is 0. The molecule has 0 atom stereocenters. The topological polar surface area (TPSA) is 61.2 Å². The van der Waals surface area contributed by atoms with Crippen molar-refractivity contribution < 1.29 is 9.53 Å². The number of unbranched alkanes of at least 4 members (excludes halogenated alkanes) is 3. The summed E-state index contributed by atoms with van der Waals surface area (Å²) in [6.07, 6.45) is 7.69. The van der Waals surface area contributed by atoms with E-state index in [0.717, 1.165) is 25.8 Å². The summed E-state index contributed by atoms with van der Waals surface area (Å²) in [4.78, 5) is 28.7. The number of hydrogen-bond acceptors (Lipinski definition) is 4. The number of hydrogen-bond donors (Lipinski definition) is 0. The molecule has 0 fully saturated rings. The first-order valence-electron chi connectivity index (χ1n) is 7.84. The lowest BCUT2D eigenvalue weighted by Gasteiger charge is -2.12. The van der Waals surface area contributed by atoms with Gasteiger partial charge in [-0.2, -0.15) is 0 Å². The van der Waals surface area contributed by atoms with Crippen molar-refractivity contribution in [1.29, 1.82) is 0 Å². The Bertz CT molecular complexity index is 707. The van der Waals surface area contributed by atoms with Crippen molar-refractivity contribution in [3.63, 3.8) is 0 Å². The second kappa shape index (κ2) is 7.73. The first kappa shape index (κ1) is 16.2. The Morgan fingerprint density at radius 3 is 2.82 bits per heavy atom. The van der Waals surface area contributed by atoms with Crippen molar-refractivity contribution in [3.05, 3.63) is 40.3 Å². The fourth-order valence-corrected chi connectivity index (χ4v) is 2.46. The van der Waals surface area contributed by atoms with Crippen LogP contribution in [0.1, 0.15) is 49.9 Å². The molecule has 0 N–H and O–H groups in total. The average molecular weight is 302 g/mol. The lowest BCUT2D eigenvalue weighted by atomic mass is 10.1. The molecule has 0 radical (unpaired) electrons. The molecule has 0 bridgehead atoms. The number of rotatable bonds is 7. The lowest BCUT2D eigenvalue weighted by Crippen LogP contribution is -2.21. The molecule has 5 nitrogen and oxygen atoms in total. The molecule has 5 heteroatoms. The highest BCUT2D eigenvalue weighted by Crippen LogP contribution is 2.12. The zero-order valence-corrected chi connectivity index (χ0v) is 13.2. The third-order valence-corrected chi connectivity index (χ3v) is 3.58. The van der Waals surface area contributed by atoms with E-state index in [2.05, 4.69) is 11.9 Å². The molecule has 2 aromatic heterocycles. The Kier molecular flexibility index (Phi) is 5.69. The van der Waals surface area contributed by atoms with E-state index in [9.17, 15) is 9.59 Å². The van der Waals surface area contributed by atoms with Gasteiger partial charge in [0, 0.05) is 18.9 Å². The molecule has 0 aliphatic rings. The minimum Gasteiger partial charge on any atom is -0.462 e. The van der Waals surface area contributed by atoms with E-state index in [-0.39, 0.29) is 17.6 Å². The number of carbonyl (C=O) groups excluding carboxylic acids is 1. The van der Waals surface area contributed by atoms with Gasteiger partial charge in [0.1, 0.15) is 11.2 Å². The Balaban J connectivity index is 2.42. The molecule has 2 aromatic rings. The number of ether oxygens (including phenoxy) is 1. The van der Waals surface area contributed by atoms with E-state index in [0.29, 0.717) is 11.0 Å². The Morgan fingerprint density at radius 1 is 1.27 bits per heavy atom. The van der Waals surface area contributed by atoms with Crippen LogP contribution in [0.25, 0.3) is 11.0 Å². The molecule has 2 heterocycles. The van der Waals surface area contributed by atoms with E-state index < -0.39 is 5.97 Å². The summed E-state index contributed by atoms with van der Waals surface area (Å²) in [5, 5.41) is 0.462. The highest BCUT2D eigenvalue weighted by Gasteiger charge is 2.16. The predicted octanol–water partition coefficient (Wildman–Crippen LogP) is 3.15. The molecule has 0 saturated carbocycles. The van der Waals surface area contributed by atoms with Crippen molar-refractivity contribution in [2.24, 2.45) is 0 Å². The molecular weight excluding hydrogens is 280 g/mol. The van der Waals surface area contributed by atoms with Crippen LogP contribution < -0.4 is 5.43 Å². The monoisotopic (exact) mass is 302 g/mol. The number of carbonyl (C=O) groups is 1. The predicted molar refractivity (Wildman–Crippen MR) is 86.1 cm³/mol. The summed E-state index contributed by atoms with van der Waals surface area (Å²) in [6.45, 7) is 4.87. The Hall–Kier alpha value is -2.17. The van der Waals surface area contributed by atoms with Gasteiger partial charge in [0.2, 0.25) is 5.43 Å². The first-order valence-corrected chi connectivity index (χ1v) is 7.84. The van der Waals surface area contributed by atoms with Crippen LogP contribution in [-0.2, 0) is 11.3 Å². The minimum absolute atomic E-state index is 0.0813. The standard InChI is InChI=1S/C17H22N2O3/c1-3-5-6-7-11-19-12-14(17(21)22-4-2)15(20)13-9-8-10-18-16(13)19/h8-10,12H,3-7,11H2,1-2H3. The van der Waals surface area contributed by atoms with Crippen LogP contribution >= 0.6 is 0 Å². The van der Waals surface area contributed by atoms with Gasteiger partial charge in [0.25, 0.3) is 0 Å². The summed E-state index contributed by atoms with van der Waals surface area (Å²) in [7, 11) is 0. The second-order valence-electron chi connectivity index (χ2n) is 5.22. The normalized spacial score (nSPS) is 10.8. The quantitative estimate of drug-likeness (QED) is 0.582. The molecule has 118 valence electrons. The lowest BCUT2D eigenvalue weighted by molar-refractivity contribution is 0.0524. The fourth-order valence-electron chi connectivity index (χ4n) is 2.46. The summed E-state index contributed by atoms with van der Waals surface area (Å²) in [5.41, 5.74) is 0.390. The van der Waals surface area contributed by atoms with Crippen molar-refractivity contribution >= 4 is 17.0 Å². The molecule has 0 aliphatic carbocycles. The maximum absolute atomic E-state index is 12.4. The molecular formula is C17H22N2O3. The zero-order valence-electron chi connectivity index (χ0n) is 13.2. The van der Waals surface area contributed by atoms with Crippen molar-refractivity contribution in [2.45, 2.75) is 46.1 Å². The van der Waals surface area contributed by atoms with Crippen LogP contribution in [0.3, 0.4) is 0 Å². The molecule has 0 saturated heterocycles. The van der Waals surface area contributed by atoms with E-state index in [4.69, 9.17) is 4.74 Å². The van der Waals surface area contributed by atoms with Crippen LogP contribution in [0, 0.1) is 0 Å². The third kappa shape index (κ3) is 3.53. The maximum Gasteiger partial charge on any atom is 0.343 e. The van der Waals surface area contributed by atoms with Gasteiger partial charge in [-0.05, 0) is 25.5 Å². The van der Waals surface area contributed by atoms with Crippen LogP contribution in [0.5, 0.6) is 0 Å². The van der Waals surface area contributed by atoms with Gasteiger partial charge in [-0.1, -0.05) is 26.2 Å². The maximum atomic E-state index is 12.4. The third-order valence-electron chi connectivity index (χ3n) is 3.58. The number of pyridine rings is 2. The fraction of sp³-hybridized carbons (Fsp3) is 0.471.